The smallest absolute Gasteiger partial charge is 0.254 e. The molecule has 6 nitrogen and oxygen atoms in total. The van der Waals surface area contributed by atoms with E-state index in [-0.39, 0.29) is 23.8 Å². The minimum atomic E-state index is -0.426. The van der Waals surface area contributed by atoms with Gasteiger partial charge in [0.15, 0.2) is 0 Å². The molecule has 1 N–H and O–H groups in total. The minimum Gasteiger partial charge on any atom is -0.376 e. The van der Waals surface area contributed by atoms with Gasteiger partial charge in [-0.15, -0.1) is 0 Å². The van der Waals surface area contributed by atoms with Gasteiger partial charge in [-0.2, -0.15) is 0 Å². The third-order valence-corrected chi connectivity index (χ3v) is 9.73. The molecule has 1 aliphatic carbocycles. The van der Waals surface area contributed by atoms with E-state index >= 15 is 0 Å². The van der Waals surface area contributed by atoms with Gasteiger partial charge < -0.3 is 19.9 Å². The highest BCUT2D eigenvalue weighted by atomic mass is 16.5. The monoisotopic (exact) mass is 479 g/mol. The molecular weight excluding hydrogens is 438 g/mol. The van der Waals surface area contributed by atoms with Gasteiger partial charge in [0, 0.05) is 31.3 Å². The molecule has 1 aromatic carbocycles. The molecule has 0 radical (unpaired) electrons. The molecule has 0 aromatic heterocycles. The molecule has 190 valence electrons. The molecule has 2 amide bonds. The van der Waals surface area contributed by atoms with Crippen molar-refractivity contribution >= 4 is 11.8 Å². The van der Waals surface area contributed by atoms with E-state index in [9.17, 15) is 9.59 Å². The summed E-state index contributed by atoms with van der Waals surface area (Å²) in [7, 11) is 0. The number of carbonyl (C=O) groups excluding carboxylic acids is 2. The minimum absolute atomic E-state index is 0.0879. The van der Waals surface area contributed by atoms with Crippen molar-refractivity contribution < 1.29 is 14.3 Å². The van der Waals surface area contributed by atoms with Gasteiger partial charge in [0.1, 0.15) is 0 Å². The number of fused-ring (bicyclic) bond motifs is 2. The predicted molar refractivity (Wildman–Crippen MR) is 135 cm³/mol. The van der Waals surface area contributed by atoms with Crippen LogP contribution in [0.3, 0.4) is 0 Å². The van der Waals surface area contributed by atoms with Crippen LogP contribution in [0.5, 0.6) is 0 Å². The summed E-state index contributed by atoms with van der Waals surface area (Å²) in [5.74, 6) is 0.451. The summed E-state index contributed by atoms with van der Waals surface area (Å²) in [5, 5.41) is 3.44. The van der Waals surface area contributed by atoms with Gasteiger partial charge in [-0.1, -0.05) is 37.5 Å². The summed E-state index contributed by atoms with van der Waals surface area (Å²) >= 11 is 0. The largest absolute Gasteiger partial charge is 0.376 e. The third kappa shape index (κ3) is 4.21. The summed E-state index contributed by atoms with van der Waals surface area (Å²) in [5.41, 5.74) is 1.22. The Bertz CT molecular complexity index is 935. The van der Waals surface area contributed by atoms with E-state index in [1.54, 1.807) is 0 Å². The maximum Gasteiger partial charge on any atom is 0.254 e. The van der Waals surface area contributed by atoms with Crippen LogP contribution in [0, 0.1) is 5.92 Å². The van der Waals surface area contributed by atoms with Crippen molar-refractivity contribution in [3.63, 3.8) is 0 Å². The van der Waals surface area contributed by atoms with E-state index in [0.717, 1.165) is 57.2 Å². The fourth-order valence-corrected chi connectivity index (χ4v) is 8.07. The average Bonchev–Trinajstić information content (AvgIpc) is 3.58. The van der Waals surface area contributed by atoms with Crippen molar-refractivity contribution in [1.29, 1.82) is 0 Å². The van der Waals surface area contributed by atoms with Gasteiger partial charge in [-0.3, -0.25) is 9.59 Å². The van der Waals surface area contributed by atoms with Crippen molar-refractivity contribution in [2.75, 3.05) is 32.8 Å². The zero-order valence-corrected chi connectivity index (χ0v) is 21.1. The Labute approximate surface area is 209 Å². The first-order valence-electron chi connectivity index (χ1n) is 14.2. The number of hydrogen-bond acceptors (Lipinski definition) is 4. The topological polar surface area (TPSA) is 61.9 Å². The van der Waals surface area contributed by atoms with Crippen LogP contribution >= 0.6 is 0 Å². The molecule has 1 saturated carbocycles. The maximum absolute atomic E-state index is 14.1. The molecule has 5 aliphatic rings. The van der Waals surface area contributed by atoms with Gasteiger partial charge in [-0.05, 0) is 82.0 Å². The molecule has 0 bridgehead atoms. The lowest BCUT2D eigenvalue weighted by Crippen LogP contribution is -2.62. The van der Waals surface area contributed by atoms with Crippen LogP contribution in [0.2, 0.25) is 0 Å². The van der Waals surface area contributed by atoms with Crippen LogP contribution in [-0.2, 0) is 9.53 Å². The first-order valence-corrected chi connectivity index (χ1v) is 14.2. The molecule has 6 rings (SSSR count). The van der Waals surface area contributed by atoms with Crippen LogP contribution in [-0.4, -0.2) is 72.1 Å². The fourth-order valence-electron chi connectivity index (χ4n) is 8.07. The lowest BCUT2D eigenvalue weighted by molar-refractivity contribution is -0.127. The van der Waals surface area contributed by atoms with Crippen LogP contribution in [0.4, 0.5) is 0 Å². The van der Waals surface area contributed by atoms with Crippen LogP contribution in [0.25, 0.3) is 0 Å². The summed E-state index contributed by atoms with van der Waals surface area (Å²) in [6, 6.07) is 8.50. The second kappa shape index (κ2) is 9.85. The van der Waals surface area contributed by atoms with Gasteiger partial charge in [-0.25, -0.2) is 0 Å². The Morgan fingerprint density at radius 2 is 1.83 bits per heavy atom. The van der Waals surface area contributed by atoms with Gasteiger partial charge >= 0.3 is 0 Å². The quantitative estimate of drug-likeness (QED) is 0.691. The summed E-state index contributed by atoms with van der Waals surface area (Å²) in [6.45, 7) is 4.58. The molecule has 4 atom stereocenters. The Morgan fingerprint density at radius 3 is 2.66 bits per heavy atom. The Balaban J connectivity index is 1.28. The van der Waals surface area contributed by atoms with Crippen molar-refractivity contribution in [2.45, 2.75) is 94.2 Å². The van der Waals surface area contributed by atoms with Crippen LogP contribution in [0.1, 0.15) is 92.5 Å². The van der Waals surface area contributed by atoms with E-state index in [0.29, 0.717) is 24.1 Å². The van der Waals surface area contributed by atoms with Gasteiger partial charge in [0.05, 0.1) is 17.6 Å². The first-order chi connectivity index (χ1) is 17.2. The van der Waals surface area contributed by atoms with Gasteiger partial charge in [0.25, 0.3) is 5.91 Å². The van der Waals surface area contributed by atoms with E-state index in [1.165, 1.54) is 45.2 Å². The zero-order valence-electron chi connectivity index (χ0n) is 21.1. The molecule has 1 aromatic rings. The Hall–Kier alpha value is -1.92. The van der Waals surface area contributed by atoms with Gasteiger partial charge in [0.2, 0.25) is 5.91 Å². The predicted octanol–water partition coefficient (Wildman–Crippen LogP) is 4.10. The number of hydrogen-bond donors (Lipinski definition) is 1. The highest BCUT2D eigenvalue weighted by molar-refractivity contribution is 6.02. The number of nitrogens with zero attached hydrogens (tertiary/aromatic N) is 2. The summed E-state index contributed by atoms with van der Waals surface area (Å²) in [4.78, 5) is 32.7. The fraction of sp³-hybridized carbons (Fsp3) is 0.724. The standard InChI is InChI=1S/C29H41N3O3/c33-27(30-19-21-9-7-17-31-16-6-3-13-25(21)31)26-23-11-1-2-12-24(23)28(34)32(20-22-10-8-18-35-22)29(26)14-4-5-15-29/h1-2,11-12,21-22,25-26H,3-10,13-20H2,(H,30,33)/t21-,22+,25+,26-/m0/s1. The number of benzene rings is 1. The number of piperidine rings is 2. The lowest BCUT2D eigenvalue weighted by atomic mass is 9.70. The molecule has 35 heavy (non-hydrogen) atoms. The molecule has 3 saturated heterocycles. The number of ether oxygens (including phenoxy) is 1. The van der Waals surface area contributed by atoms with E-state index in [2.05, 4.69) is 15.1 Å². The molecule has 4 fully saturated rings. The van der Waals surface area contributed by atoms with Crippen LogP contribution < -0.4 is 5.32 Å². The molecule has 4 heterocycles. The lowest BCUT2D eigenvalue weighted by Gasteiger charge is -2.51. The van der Waals surface area contributed by atoms with Crippen molar-refractivity contribution in [3.05, 3.63) is 35.4 Å². The molecule has 1 spiro atoms. The second-order valence-electron chi connectivity index (χ2n) is 11.6. The van der Waals surface area contributed by atoms with Crippen LogP contribution in [0.15, 0.2) is 24.3 Å². The summed E-state index contributed by atoms with van der Waals surface area (Å²) in [6.07, 6.45) is 12.4. The first kappa shape index (κ1) is 23.5. The Morgan fingerprint density at radius 1 is 1.00 bits per heavy atom. The van der Waals surface area contributed by atoms with E-state index < -0.39 is 5.54 Å². The molecular formula is C29H41N3O3. The second-order valence-corrected chi connectivity index (χ2v) is 11.6. The number of rotatable bonds is 5. The van der Waals surface area contributed by atoms with Crippen molar-refractivity contribution in [2.24, 2.45) is 5.92 Å². The highest BCUT2D eigenvalue weighted by Gasteiger charge is 2.56. The van der Waals surface area contributed by atoms with E-state index in [1.807, 2.05) is 24.3 Å². The van der Waals surface area contributed by atoms with Crippen molar-refractivity contribution in [3.8, 4) is 0 Å². The summed E-state index contributed by atoms with van der Waals surface area (Å²) < 4.78 is 5.97. The van der Waals surface area contributed by atoms with Crippen molar-refractivity contribution in [1.82, 2.24) is 15.1 Å². The normalized spacial score (nSPS) is 32.5. The molecule has 4 aliphatic heterocycles. The maximum atomic E-state index is 14.1. The zero-order chi connectivity index (χ0) is 23.8. The molecule has 0 unspecified atom stereocenters. The average molecular weight is 480 g/mol. The SMILES string of the molecule is O=C(NC[C@@H]1CCCN2CCCC[C@H]12)[C@@H]1c2ccccc2C(=O)N(C[C@H]2CCCO2)C12CCCC2. The third-order valence-electron chi connectivity index (χ3n) is 9.73. The number of amides is 2. The highest BCUT2D eigenvalue weighted by Crippen LogP contribution is 2.50. The number of carbonyl (C=O) groups is 2. The molecule has 6 heteroatoms. The van der Waals surface area contributed by atoms with E-state index in [4.69, 9.17) is 4.74 Å². The Kier molecular flexibility index (Phi) is 6.61. The number of nitrogens with one attached hydrogen (secondary N) is 1.